The Balaban J connectivity index is 1.92. The van der Waals surface area contributed by atoms with Crippen molar-refractivity contribution in [3.63, 3.8) is 0 Å². The lowest BCUT2D eigenvalue weighted by Gasteiger charge is -2.14. The van der Waals surface area contributed by atoms with Gasteiger partial charge in [0, 0.05) is 11.3 Å². The molecule has 2 unspecified atom stereocenters. The molecule has 3 heteroatoms. The van der Waals surface area contributed by atoms with Crippen LogP contribution in [0.1, 0.15) is 25.3 Å². The Morgan fingerprint density at radius 1 is 1.44 bits per heavy atom. The lowest BCUT2D eigenvalue weighted by Crippen LogP contribution is -2.18. The Hall–Kier alpha value is -1.22. The zero-order valence-electron chi connectivity index (χ0n) is 9.90. The van der Waals surface area contributed by atoms with Crippen molar-refractivity contribution in [1.82, 2.24) is 0 Å². The molecule has 1 fully saturated rings. The van der Waals surface area contributed by atoms with Crippen molar-refractivity contribution in [1.29, 1.82) is 0 Å². The maximum Gasteiger partial charge on any atom is 0.124 e. The molecule has 2 rings (SSSR count). The number of benzene rings is 1. The van der Waals surface area contributed by atoms with E-state index in [1.54, 1.807) is 0 Å². The van der Waals surface area contributed by atoms with Crippen molar-refractivity contribution < 1.29 is 9.47 Å². The summed E-state index contributed by atoms with van der Waals surface area (Å²) in [5.74, 6) is 0.864. The van der Waals surface area contributed by atoms with Crippen LogP contribution in [0.5, 0.6) is 5.75 Å². The van der Waals surface area contributed by atoms with Crippen molar-refractivity contribution in [2.24, 2.45) is 0 Å². The molecule has 1 aromatic carbocycles. The number of anilines is 1. The molecule has 1 heterocycles. The van der Waals surface area contributed by atoms with Gasteiger partial charge in [0.1, 0.15) is 12.4 Å². The highest BCUT2D eigenvalue weighted by Crippen LogP contribution is 2.25. The highest BCUT2D eigenvalue weighted by Gasteiger charge is 2.22. The average Bonchev–Trinajstić information content (AvgIpc) is 2.67. The Morgan fingerprint density at radius 3 is 2.94 bits per heavy atom. The summed E-state index contributed by atoms with van der Waals surface area (Å²) >= 11 is 0. The van der Waals surface area contributed by atoms with E-state index < -0.39 is 0 Å². The van der Waals surface area contributed by atoms with E-state index >= 15 is 0 Å². The third-order valence-corrected chi connectivity index (χ3v) is 3.07. The minimum atomic E-state index is 0.232. The van der Waals surface area contributed by atoms with Gasteiger partial charge in [0.25, 0.3) is 0 Å². The molecule has 1 saturated heterocycles. The highest BCUT2D eigenvalue weighted by atomic mass is 16.5. The molecular weight excluding hydrogens is 202 g/mol. The first-order chi connectivity index (χ1) is 7.66. The second kappa shape index (κ2) is 4.74. The minimum absolute atomic E-state index is 0.232. The monoisotopic (exact) mass is 221 g/mol. The second-order valence-electron chi connectivity index (χ2n) is 4.43. The number of hydrogen-bond donors (Lipinski definition) is 1. The molecule has 1 aliphatic heterocycles. The maximum atomic E-state index is 5.82. The SMILES string of the molecule is Cc1c(N)cccc1OCC1CCC(C)O1. The predicted octanol–water partition coefficient (Wildman–Crippen LogP) is 2.52. The lowest BCUT2D eigenvalue weighted by atomic mass is 10.2. The van der Waals surface area contributed by atoms with Gasteiger partial charge in [-0.05, 0) is 38.8 Å². The molecule has 1 aliphatic rings. The van der Waals surface area contributed by atoms with Crippen LogP contribution < -0.4 is 10.5 Å². The molecule has 0 amide bonds. The largest absolute Gasteiger partial charge is 0.491 e. The Bertz CT molecular complexity index is 365. The number of ether oxygens (including phenoxy) is 2. The van der Waals surface area contributed by atoms with Crippen LogP contribution in [0.4, 0.5) is 5.69 Å². The van der Waals surface area contributed by atoms with Gasteiger partial charge < -0.3 is 15.2 Å². The highest BCUT2D eigenvalue weighted by molar-refractivity contribution is 5.53. The molecule has 1 aromatic rings. The van der Waals surface area contributed by atoms with Crippen LogP contribution in [0.25, 0.3) is 0 Å². The molecule has 3 nitrogen and oxygen atoms in total. The summed E-state index contributed by atoms with van der Waals surface area (Å²) in [7, 11) is 0. The molecule has 0 saturated carbocycles. The number of hydrogen-bond acceptors (Lipinski definition) is 3. The van der Waals surface area contributed by atoms with Gasteiger partial charge in [-0.25, -0.2) is 0 Å². The first kappa shape index (κ1) is 11.3. The number of nitrogen functional groups attached to an aromatic ring is 1. The molecule has 2 atom stereocenters. The van der Waals surface area contributed by atoms with Crippen molar-refractivity contribution in [2.45, 2.75) is 38.9 Å². The topological polar surface area (TPSA) is 44.5 Å². The lowest BCUT2D eigenvalue weighted by molar-refractivity contribution is 0.0263. The van der Waals surface area contributed by atoms with Crippen LogP contribution in [-0.4, -0.2) is 18.8 Å². The normalized spacial score (nSPS) is 24.6. The zero-order valence-corrected chi connectivity index (χ0v) is 9.90. The van der Waals surface area contributed by atoms with E-state index in [0.717, 1.165) is 29.8 Å². The summed E-state index contributed by atoms with van der Waals surface area (Å²) in [4.78, 5) is 0. The molecule has 0 aliphatic carbocycles. The van der Waals surface area contributed by atoms with Gasteiger partial charge in [-0.15, -0.1) is 0 Å². The summed E-state index contributed by atoms with van der Waals surface area (Å²) in [6, 6.07) is 5.75. The van der Waals surface area contributed by atoms with Crippen LogP contribution in [0.15, 0.2) is 18.2 Å². The zero-order chi connectivity index (χ0) is 11.5. The first-order valence-corrected chi connectivity index (χ1v) is 5.80. The van der Waals surface area contributed by atoms with Crippen molar-refractivity contribution in [3.05, 3.63) is 23.8 Å². The smallest absolute Gasteiger partial charge is 0.124 e. The molecule has 0 spiro atoms. The fourth-order valence-corrected chi connectivity index (χ4v) is 1.98. The predicted molar refractivity (Wildman–Crippen MR) is 64.7 cm³/mol. The number of nitrogens with two attached hydrogens (primary N) is 1. The molecule has 0 radical (unpaired) electrons. The van der Waals surface area contributed by atoms with Gasteiger partial charge in [-0.1, -0.05) is 6.07 Å². The Kier molecular flexibility index (Phi) is 3.34. The Morgan fingerprint density at radius 2 is 2.25 bits per heavy atom. The second-order valence-corrected chi connectivity index (χ2v) is 4.43. The van der Waals surface area contributed by atoms with E-state index in [2.05, 4.69) is 6.92 Å². The van der Waals surface area contributed by atoms with Crippen LogP contribution in [-0.2, 0) is 4.74 Å². The fourth-order valence-electron chi connectivity index (χ4n) is 1.98. The third kappa shape index (κ3) is 2.47. The summed E-state index contributed by atoms with van der Waals surface area (Å²) in [5, 5.41) is 0. The first-order valence-electron chi connectivity index (χ1n) is 5.80. The standard InChI is InChI=1S/C13H19NO2/c1-9-6-7-11(16-9)8-15-13-5-3-4-12(14)10(13)2/h3-5,9,11H,6-8,14H2,1-2H3. The molecule has 0 bridgehead atoms. The van der Waals surface area contributed by atoms with Gasteiger partial charge >= 0.3 is 0 Å². The van der Waals surface area contributed by atoms with E-state index in [0.29, 0.717) is 12.7 Å². The van der Waals surface area contributed by atoms with Crippen molar-refractivity contribution in [3.8, 4) is 5.75 Å². The van der Waals surface area contributed by atoms with Crippen molar-refractivity contribution >= 4 is 5.69 Å². The minimum Gasteiger partial charge on any atom is -0.491 e. The van der Waals surface area contributed by atoms with E-state index in [1.807, 2.05) is 25.1 Å². The third-order valence-electron chi connectivity index (χ3n) is 3.07. The van der Waals surface area contributed by atoms with E-state index in [9.17, 15) is 0 Å². The molecular formula is C13H19NO2. The van der Waals surface area contributed by atoms with Gasteiger partial charge in [0.15, 0.2) is 0 Å². The van der Waals surface area contributed by atoms with Crippen LogP contribution in [0.2, 0.25) is 0 Å². The summed E-state index contributed by atoms with van der Waals surface area (Å²) in [6.07, 6.45) is 2.82. The van der Waals surface area contributed by atoms with E-state index in [4.69, 9.17) is 15.2 Å². The maximum absolute atomic E-state index is 5.82. The summed E-state index contributed by atoms with van der Waals surface area (Å²) in [6.45, 7) is 4.70. The Labute approximate surface area is 96.5 Å². The molecule has 0 aromatic heterocycles. The number of rotatable bonds is 3. The van der Waals surface area contributed by atoms with Crippen LogP contribution in [0.3, 0.4) is 0 Å². The quantitative estimate of drug-likeness (QED) is 0.798. The van der Waals surface area contributed by atoms with Gasteiger partial charge in [-0.3, -0.25) is 0 Å². The molecule has 88 valence electrons. The van der Waals surface area contributed by atoms with Crippen LogP contribution >= 0.6 is 0 Å². The van der Waals surface area contributed by atoms with Gasteiger partial charge in [0.2, 0.25) is 0 Å². The van der Waals surface area contributed by atoms with E-state index in [-0.39, 0.29) is 6.10 Å². The molecule has 2 N–H and O–H groups in total. The average molecular weight is 221 g/mol. The van der Waals surface area contributed by atoms with E-state index in [1.165, 1.54) is 0 Å². The summed E-state index contributed by atoms with van der Waals surface area (Å²) < 4.78 is 11.4. The van der Waals surface area contributed by atoms with Gasteiger partial charge in [-0.2, -0.15) is 0 Å². The van der Waals surface area contributed by atoms with Crippen molar-refractivity contribution in [2.75, 3.05) is 12.3 Å². The summed E-state index contributed by atoms with van der Waals surface area (Å²) in [5.41, 5.74) is 7.60. The fraction of sp³-hybridized carbons (Fsp3) is 0.538. The van der Waals surface area contributed by atoms with Gasteiger partial charge in [0.05, 0.1) is 12.2 Å². The molecule has 16 heavy (non-hydrogen) atoms. The van der Waals surface area contributed by atoms with Crippen LogP contribution in [0, 0.1) is 6.92 Å².